The molecular weight excluding hydrogens is 294 g/mol. The minimum absolute atomic E-state index is 0.0340. The van der Waals surface area contributed by atoms with Gasteiger partial charge in [0.2, 0.25) is 5.95 Å². The fourth-order valence-electron chi connectivity index (χ4n) is 2.08. The number of anilines is 3. The lowest BCUT2D eigenvalue weighted by atomic mass is 10.1. The maximum atomic E-state index is 11.2. The molecule has 0 atom stereocenters. The number of hydrogen-bond acceptors (Lipinski definition) is 8. The highest BCUT2D eigenvalue weighted by atomic mass is 16.1. The third-order valence-corrected chi connectivity index (χ3v) is 3.27. The molecule has 2 aromatic heterocycles. The van der Waals surface area contributed by atoms with E-state index in [0.717, 1.165) is 5.69 Å². The minimum atomic E-state index is 0.0340. The van der Waals surface area contributed by atoms with E-state index in [1.165, 1.54) is 6.92 Å². The van der Waals surface area contributed by atoms with Gasteiger partial charge in [0, 0.05) is 11.3 Å². The van der Waals surface area contributed by atoms with Gasteiger partial charge in [0.25, 0.3) is 0 Å². The zero-order valence-corrected chi connectivity index (χ0v) is 12.4. The molecule has 0 saturated carbocycles. The number of nitrogens with one attached hydrogen (secondary N) is 1. The molecule has 23 heavy (non-hydrogen) atoms. The van der Waals surface area contributed by atoms with Crippen molar-refractivity contribution < 1.29 is 4.79 Å². The van der Waals surface area contributed by atoms with Crippen LogP contribution in [0.4, 0.5) is 17.5 Å². The van der Waals surface area contributed by atoms with Gasteiger partial charge >= 0.3 is 0 Å². The van der Waals surface area contributed by atoms with E-state index in [9.17, 15) is 4.79 Å². The summed E-state index contributed by atoms with van der Waals surface area (Å²) in [6, 6.07) is 7.21. The van der Waals surface area contributed by atoms with Gasteiger partial charge in [0.05, 0.1) is 18.4 Å². The molecule has 8 nitrogen and oxygen atoms in total. The fourth-order valence-corrected chi connectivity index (χ4v) is 2.08. The highest BCUT2D eigenvalue weighted by molar-refractivity contribution is 5.94. The van der Waals surface area contributed by atoms with Crippen molar-refractivity contribution in [3.05, 3.63) is 41.7 Å². The van der Waals surface area contributed by atoms with Crippen LogP contribution in [-0.2, 0) is 6.54 Å². The summed E-state index contributed by atoms with van der Waals surface area (Å²) in [4.78, 5) is 27.7. The summed E-state index contributed by atoms with van der Waals surface area (Å²) in [5.74, 6) is 0.306. The molecule has 0 bridgehead atoms. The summed E-state index contributed by atoms with van der Waals surface area (Å²) in [7, 11) is 0. The number of carbonyl (C=O) groups is 1. The van der Waals surface area contributed by atoms with E-state index in [2.05, 4.69) is 25.3 Å². The van der Waals surface area contributed by atoms with Crippen LogP contribution < -0.4 is 16.8 Å². The van der Waals surface area contributed by atoms with Gasteiger partial charge in [0.1, 0.15) is 0 Å². The molecule has 3 rings (SSSR count). The molecule has 0 aliphatic rings. The Bertz CT molecular complexity index is 877. The molecule has 0 saturated heterocycles. The number of hydrogen-bond donors (Lipinski definition) is 3. The minimum Gasteiger partial charge on any atom is -0.382 e. The summed E-state index contributed by atoms with van der Waals surface area (Å²) in [5.41, 5.74) is 14.3. The smallest absolute Gasteiger partial charge is 0.224 e. The summed E-state index contributed by atoms with van der Waals surface area (Å²) in [5, 5.41) is 3.20. The number of nitrogens with two attached hydrogens (primary N) is 2. The maximum Gasteiger partial charge on any atom is 0.224 e. The van der Waals surface area contributed by atoms with Crippen molar-refractivity contribution >= 4 is 34.4 Å². The molecule has 1 aromatic carbocycles. The lowest BCUT2D eigenvalue weighted by molar-refractivity contribution is 0.101. The van der Waals surface area contributed by atoms with Gasteiger partial charge in [-0.05, 0) is 31.2 Å². The number of rotatable bonds is 4. The molecule has 0 unspecified atom stereocenters. The van der Waals surface area contributed by atoms with Crippen molar-refractivity contribution in [3.8, 4) is 0 Å². The van der Waals surface area contributed by atoms with Gasteiger partial charge < -0.3 is 16.8 Å². The van der Waals surface area contributed by atoms with Gasteiger partial charge in [-0.25, -0.2) is 9.97 Å². The van der Waals surface area contributed by atoms with Crippen LogP contribution in [0.3, 0.4) is 0 Å². The molecule has 0 radical (unpaired) electrons. The molecule has 0 aliphatic carbocycles. The van der Waals surface area contributed by atoms with Gasteiger partial charge in [0.15, 0.2) is 22.8 Å². The topological polar surface area (TPSA) is 133 Å². The fraction of sp³-hybridized carbons (Fsp3) is 0.133. The number of Topliss-reactive ketones (excluding diaryl/α,β-unsaturated/α-hetero) is 1. The zero-order chi connectivity index (χ0) is 16.4. The molecule has 116 valence electrons. The Hall–Kier alpha value is -3.29. The second-order valence-electron chi connectivity index (χ2n) is 4.99. The van der Waals surface area contributed by atoms with Crippen molar-refractivity contribution in [1.82, 2.24) is 19.9 Å². The average Bonchev–Trinajstić information content (AvgIpc) is 2.53. The first-order valence-electron chi connectivity index (χ1n) is 6.92. The molecule has 0 aliphatic heterocycles. The van der Waals surface area contributed by atoms with Gasteiger partial charge in [-0.3, -0.25) is 4.79 Å². The van der Waals surface area contributed by atoms with Crippen molar-refractivity contribution in [2.75, 3.05) is 16.8 Å². The Morgan fingerprint density at radius 3 is 2.57 bits per heavy atom. The predicted molar refractivity (Wildman–Crippen MR) is 87.7 cm³/mol. The average molecular weight is 309 g/mol. The first-order chi connectivity index (χ1) is 11.0. The molecule has 0 fully saturated rings. The van der Waals surface area contributed by atoms with Gasteiger partial charge in [-0.1, -0.05) is 0 Å². The van der Waals surface area contributed by atoms with E-state index in [-0.39, 0.29) is 17.5 Å². The first-order valence-corrected chi connectivity index (χ1v) is 6.92. The molecule has 0 amide bonds. The Labute approximate surface area is 132 Å². The van der Waals surface area contributed by atoms with Crippen LogP contribution in [0.1, 0.15) is 23.0 Å². The van der Waals surface area contributed by atoms with Crippen molar-refractivity contribution in [2.24, 2.45) is 0 Å². The van der Waals surface area contributed by atoms with Crippen LogP contribution in [0.5, 0.6) is 0 Å². The maximum absolute atomic E-state index is 11.2. The lowest BCUT2D eigenvalue weighted by Crippen LogP contribution is -2.07. The number of fused-ring (bicyclic) bond motifs is 1. The van der Waals surface area contributed by atoms with E-state index in [0.29, 0.717) is 29.0 Å². The normalized spacial score (nSPS) is 10.7. The predicted octanol–water partition coefficient (Wildman–Crippen LogP) is 1.40. The molecule has 0 spiro atoms. The van der Waals surface area contributed by atoms with E-state index in [1.54, 1.807) is 18.3 Å². The largest absolute Gasteiger partial charge is 0.382 e. The number of ketones is 1. The molecular formula is C15H15N7O. The van der Waals surface area contributed by atoms with Crippen LogP contribution in [0.25, 0.3) is 11.2 Å². The standard InChI is InChI=1S/C15H15N7O/c1-8(23)9-2-4-10(5-3-9)18-6-11-7-19-14-12(20-11)13(16)21-15(17)22-14/h2-5,7,18H,6H2,1H3,(H4,16,17,19,21,22). The summed E-state index contributed by atoms with van der Waals surface area (Å²) in [6.45, 7) is 1.98. The SMILES string of the molecule is CC(=O)c1ccc(NCc2cnc3nc(N)nc(N)c3n2)cc1. The molecule has 5 N–H and O–H groups in total. The highest BCUT2D eigenvalue weighted by Gasteiger charge is 2.07. The van der Waals surface area contributed by atoms with E-state index >= 15 is 0 Å². The quantitative estimate of drug-likeness (QED) is 0.616. The van der Waals surface area contributed by atoms with Crippen LogP contribution in [0, 0.1) is 0 Å². The van der Waals surface area contributed by atoms with Gasteiger partial charge in [-0.2, -0.15) is 9.97 Å². The number of aromatic nitrogens is 4. The number of benzene rings is 1. The van der Waals surface area contributed by atoms with E-state index in [4.69, 9.17) is 11.5 Å². The van der Waals surface area contributed by atoms with Crippen LogP contribution in [0.15, 0.2) is 30.5 Å². The summed E-state index contributed by atoms with van der Waals surface area (Å²) < 4.78 is 0. The van der Waals surface area contributed by atoms with Crippen LogP contribution >= 0.6 is 0 Å². The van der Waals surface area contributed by atoms with Crippen LogP contribution in [-0.4, -0.2) is 25.7 Å². The molecule has 3 aromatic rings. The Morgan fingerprint density at radius 1 is 1.13 bits per heavy atom. The van der Waals surface area contributed by atoms with E-state index in [1.807, 2.05) is 12.1 Å². The second-order valence-corrected chi connectivity index (χ2v) is 4.99. The third-order valence-electron chi connectivity index (χ3n) is 3.27. The number of nitrogen functional groups attached to an aromatic ring is 2. The third kappa shape index (κ3) is 3.15. The zero-order valence-electron chi connectivity index (χ0n) is 12.4. The molecule has 8 heteroatoms. The Balaban J connectivity index is 1.78. The van der Waals surface area contributed by atoms with E-state index < -0.39 is 0 Å². The monoisotopic (exact) mass is 309 g/mol. The highest BCUT2D eigenvalue weighted by Crippen LogP contribution is 2.16. The lowest BCUT2D eigenvalue weighted by Gasteiger charge is -2.07. The Kier molecular flexibility index (Phi) is 3.71. The Morgan fingerprint density at radius 2 is 1.87 bits per heavy atom. The van der Waals surface area contributed by atoms with Crippen molar-refractivity contribution in [1.29, 1.82) is 0 Å². The van der Waals surface area contributed by atoms with Crippen molar-refractivity contribution in [2.45, 2.75) is 13.5 Å². The second kappa shape index (κ2) is 5.84. The van der Waals surface area contributed by atoms with Gasteiger partial charge in [-0.15, -0.1) is 0 Å². The summed E-state index contributed by atoms with van der Waals surface area (Å²) >= 11 is 0. The van der Waals surface area contributed by atoms with Crippen LogP contribution in [0.2, 0.25) is 0 Å². The number of carbonyl (C=O) groups excluding carboxylic acids is 1. The number of nitrogens with zero attached hydrogens (tertiary/aromatic N) is 4. The van der Waals surface area contributed by atoms with Crippen molar-refractivity contribution in [3.63, 3.8) is 0 Å². The first kappa shape index (κ1) is 14.6. The molecule has 2 heterocycles. The summed E-state index contributed by atoms with van der Waals surface area (Å²) in [6.07, 6.45) is 1.60.